The van der Waals surface area contributed by atoms with Gasteiger partial charge in [-0.3, -0.25) is 4.90 Å². The van der Waals surface area contributed by atoms with Crippen molar-refractivity contribution in [3.63, 3.8) is 0 Å². The van der Waals surface area contributed by atoms with Crippen molar-refractivity contribution in [1.29, 1.82) is 0 Å². The minimum absolute atomic E-state index is 0.422. The van der Waals surface area contributed by atoms with Gasteiger partial charge in [0.15, 0.2) is 0 Å². The summed E-state index contributed by atoms with van der Waals surface area (Å²) in [5, 5.41) is 9.71. The zero-order valence-corrected chi connectivity index (χ0v) is 12.1. The summed E-state index contributed by atoms with van der Waals surface area (Å²) in [6.07, 6.45) is 4.85. The van der Waals surface area contributed by atoms with Crippen LogP contribution >= 0.6 is 0 Å². The van der Waals surface area contributed by atoms with Gasteiger partial charge in [-0.25, -0.2) is 0 Å². The maximum Gasteiger partial charge on any atom is 0.123 e. The van der Waals surface area contributed by atoms with E-state index in [-0.39, 0.29) is 0 Å². The molecule has 3 heteroatoms. The quantitative estimate of drug-likeness (QED) is 0.906. The molecule has 0 spiro atoms. The van der Waals surface area contributed by atoms with Crippen LogP contribution in [0.1, 0.15) is 49.8 Å². The van der Waals surface area contributed by atoms with Crippen molar-refractivity contribution in [2.45, 2.75) is 45.3 Å². The SMILES string of the molecule is COc1ccc(C(C)O)cc1CN1CCCCCC1. The van der Waals surface area contributed by atoms with Crippen LogP contribution in [0.4, 0.5) is 0 Å². The van der Waals surface area contributed by atoms with Crippen molar-refractivity contribution >= 4 is 0 Å². The average Bonchev–Trinajstić information content (AvgIpc) is 2.67. The number of hydrogen-bond acceptors (Lipinski definition) is 3. The molecule has 0 aromatic heterocycles. The second-order valence-electron chi connectivity index (χ2n) is 5.44. The summed E-state index contributed by atoms with van der Waals surface area (Å²) >= 11 is 0. The lowest BCUT2D eigenvalue weighted by Gasteiger charge is -2.22. The molecule has 1 atom stereocenters. The first-order chi connectivity index (χ1) is 9.20. The van der Waals surface area contributed by atoms with Crippen LogP contribution in [0.5, 0.6) is 5.75 Å². The van der Waals surface area contributed by atoms with E-state index in [2.05, 4.69) is 11.0 Å². The van der Waals surface area contributed by atoms with Crippen LogP contribution in [0, 0.1) is 0 Å². The molecular formula is C16H25NO2. The molecule has 2 rings (SSSR count). The van der Waals surface area contributed by atoms with E-state index in [1.54, 1.807) is 14.0 Å². The molecule has 0 saturated carbocycles. The van der Waals surface area contributed by atoms with E-state index in [0.717, 1.165) is 17.9 Å². The summed E-state index contributed by atoms with van der Waals surface area (Å²) in [6.45, 7) is 5.06. The lowest BCUT2D eigenvalue weighted by atomic mass is 10.1. The zero-order chi connectivity index (χ0) is 13.7. The van der Waals surface area contributed by atoms with Crippen molar-refractivity contribution in [3.8, 4) is 5.75 Å². The molecule has 19 heavy (non-hydrogen) atoms. The van der Waals surface area contributed by atoms with E-state index in [1.807, 2.05) is 12.1 Å². The molecule has 1 heterocycles. The van der Waals surface area contributed by atoms with Crippen molar-refractivity contribution in [2.24, 2.45) is 0 Å². The maximum absolute atomic E-state index is 9.71. The third-order valence-electron chi connectivity index (χ3n) is 3.88. The van der Waals surface area contributed by atoms with Gasteiger partial charge in [-0.15, -0.1) is 0 Å². The Labute approximate surface area is 116 Å². The van der Waals surface area contributed by atoms with Gasteiger partial charge in [-0.2, -0.15) is 0 Å². The molecule has 1 aliphatic heterocycles. The van der Waals surface area contributed by atoms with Crippen LogP contribution in [-0.2, 0) is 6.54 Å². The Morgan fingerprint density at radius 2 is 1.89 bits per heavy atom. The van der Waals surface area contributed by atoms with Crippen molar-refractivity contribution in [3.05, 3.63) is 29.3 Å². The van der Waals surface area contributed by atoms with E-state index >= 15 is 0 Å². The minimum atomic E-state index is -0.422. The predicted octanol–water partition coefficient (Wildman–Crippen LogP) is 3.12. The number of methoxy groups -OCH3 is 1. The first-order valence-corrected chi connectivity index (χ1v) is 7.28. The number of aliphatic hydroxyl groups excluding tert-OH is 1. The fourth-order valence-electron chi connectivity index (χ4n) is 2.72. The first-order valence-electron chi connectivity index (χ1n) is 7.28. The average molecular weight is 263 g/mol. The smallest absolute Gasteiger partial charge is 0.123 e. The molecule has 1 aliphatic rings. The molecule has 1 saturated heterocycles. The number of hydrogen-bond donors (Lipinski definition) is 1. The zero-order valence-electron chi connectivity index (χ0n) is 12.1. The van der Waals surface area contributed by atoms with Crippen LogP contribution in [-0.4, -0.2) is 30.2 Å². The summed E-state index contributed by atoms with van der Waals surface area (Å²) in [4.78, 5) is 2.50. The number of nitrogens with zero attached hydrogens (tertiary/aromatic N) is 1. The Morgan fingerprint density at radius 1 is 1.21 bits per heavy atom. The Bertz CT molecular complexity index is 396. The molecule has 3 nitrogen and oxygen atoms in total. The van der Waals surface area contributed by atoms with Crippen molar-refractivity contribution in [1.82, 2.24) is 4.90 Å². The fourth-order valence-corrected chi connectivity index (χ4v) is 2.72. The number of likely N-dealkylation sites (tertiary alicyclic amines) is 1. The third kappa shape index (κ3) is 3.95. The minimum Gasteiger partial charge on any atom is -0.496 e. The van der Waals surface area contributed by atoms with Gasteiger partial charge in [-0.05, 0) is 50.6 Å². The van der Waals surface area contributed by atoms with Gasteiger partial charge in [0, 0.05) is 12.1 Å². The van der Waals surface area contributed by atoms with E-state index < -0.39 is 6.10 Å². The molecule has 0 bridgehead atoms. The topological polar surface area (TPSA) is 32.7 Å². The molecule has 1 unspecified atom stereocenters. The highest BCUT2D eigenvalue weighted by Crippen LogP contribution is 2.25. The Balaban J connectivity index is 2.14. The van der Waals surface area contributed by atoms with Gasteiger partial charge >= 0.3 is 0 Å². The highest BCUT2D eigenvalue weighted by atomic mass is 16.5. The van der Waals surface area contributed by atoms with Gasteiger partial charge < -0.3 is 9.84 Å². The molecule has 1 N–H and O–H groups in total. The summed E-state index contributed by atoms with van der Waals surface area (Å²) in [5.74, 6) is 0.925. The van der Waals surface area contributed by atoms with E-state index in [9.17, 15) is 5.11 Å². The van der Waals surface area contributed by atoms with Gasteiger partial charge in [0.1, 0.15) is 5.75 Å². The van der Waals surface area contributed by atoms with Crippen LogP contribution in [0.2, 0.25) is 0 Å². The molecule has 1 fully saturated rings. The standard InChI is InChI=1S/C16H25NO2/c1-13(18)14-7-8-16(19-2)15(11-14)12-17-9-5-3-4-6-10-17/h7-8,11,13,18H,3-6,9-10,12H2,1-2H3. The molecule has 106 valence electrons. The van der Waals surface area contributed by atoms with Crippen LogP contribution < -0.4 is 4.74 Å². The van der Waals surface area contributed by atoms with E-state index in [4.69, 9.17) is 4.74 Å². The molecular weight excluding hydrogens is 238 g/mol. The summed E-state index contributed by atoms with van der Waals surface area (Å²) in [7, 11) is 1.71. The Morgan fingerprint density at radius 3 is 2.47 bits per heavy atom. The highest BCUT2D eigenvalue weighted by molar-refractivity contribution is 5.38. The third-order valence-corrected chi connectivity index (χ3v) is 3.88. The van der Waals surface area contributed by atoms with Gasteiger partial charge in [0.2, 0.25) is 0 Å². The van der Waals surface area contributed by atoms with E-state index in [0.29, 0.717) is 0 Å². The van der Waals surface area contributed by atoms with Crippen LogP contribution in [0.25, 0.3) is 0 Å². The molecule has 0 amide bonds. The summed E-state index contributed by atoms with van der Waals surface area (Å²) in [6, 6.07) is 5.99. The van der Waals surface area contributed by atoms with Gasteiger partial charge in [-0.1, -0.05) is 18.9 Å². The Hall–Kier alpha value is -1.06. The van der Waals surface area contributed by atoms with Crippen molar-refractivity contribution < 1.29 is 9.84 Å². The number of aliphatic hydroxyl groups is 1. The Kier molecular flexibility index (Phi) is 5.23. The largest absolute Gasteiger partial charge is 0.496 e. The summed E-state index contributed by atoms with van der Waals surface area (Å²) in [5.41, 5.74) is 2.15. The monoisotopic (exact) mass is 263 g/mol. The fraction of sp³-hybridized carbons (Fsp3) is 0.625. The molecule has 0 radical (unpaired) electrons. The second-order valence-corrected chi connectivity index (χ2v) is 5.44. The second kappa shape index (κ2) is 6.92. The van der Waals surface area contributed by atoms with Crippen molar-refractivity contribution in [2.75, 3.05) is 20.2 Å². The van der Waals surface area contributed by atoms with Crippen LogP contribution in [0.15, 0.2) is 18.2 Å². The normalized spacial score (nSPS) is 18.9. The molecule has 1 aromatic carbocycles. The number of benzene rings is 1. The van der Waals surface area contributed by atoms with E-state index in [1.165, 1.54) is 44.3 Å². The van der Waals surface area contributed by atoms with Gasteiger partial charge in [0.05, 0.1) is 13.2 Å². The first kappa shape index (κ1) is 14.4. The predicted molar refractivity (Wildman–Crippen MR) is 77.4 cm³/mol. The highest BCUT2D eigenvalue weighted by Gasteiger charge is 2.13. The maximum atomic E-state index is 9.71. The van der Waals surface area contributed by atoms with Gasteiger partial charge in [0.25, 0.3) is 0 Å². The lowest BCUT2D eigenvalue weighted by molar-refractivity contribution is 0.198. The number of rotatable bonds is 4. The molecule has 1 aromatic rings. The van der Waals surface area contributed by atoms with Crippen LogP contribution in [0.3, 0.4) is 0 Å². The number of ether oxygens (including phenoxy) is 1. The lowest BCUT2D eigenvalue weighted by Crippen LogP contribution is -2.24. The summed E-state index contributed by atoms with van der Waals surface area (Å²) < 4.78 is 5.44. The molecule has 0 aliphatic carbocycles.